The molecule has 1 heterocycles. The first-order chi connectivity index (χ1) is 8.67. The van der Waals surface area contributed by atoms with Crippen molar-refractivity contribution in [2.45, 2.75) is 33.1 Å². The fraction of sp³-hybridized carbons (Fsp3) is 0.929. The van der Waals surface area contributed by atoms with Crippen molar-refractivity contribution in [3.63, 3.8) is 0 Å². The van der Waals surface area contributed by atoms with E-state index in [9.17, 15) is 0 Å². The van der Waals surface area contributed by atoms with Gasteiger partial charge in [0.1, 0.15) is 0 Å². The Morgan fingerprint density at radius 1 is 1.47 bits per heavy atom. The number of likely N-dealkylation sites (tertiary alicyclic amines) is 1. The number of hydrogen-bond donors (Lipinski definition) is 1. The number of hydrogen-bond acceptors (Lipinski definition) is 2. The van der Waals surface area contributed by atoms with Gasteiger partial charge in [-0.2, -0.15) is 0 Å². The highest BCUT2D eigenvalue weighted by molar-refractivity contribution is 14.0. The molecule has 5 heteroatoms. The molecule has 0 aromatic rings. The maximum Gasteiger partial charge on any atom is 0.193 e. The van der Waals surface area contributed by atoms with Crippen LogP contribution in [0.3, 0.4) is 0 Å². The third-order valence-corrected chi connectivity index (χ3v) is 3.41. The summed E-state index contributed by atoms with van der Waals surface area (Å²) in [6.45, 7) is 8.65. The van der Waals surface area contributed by atoms with E-state index in [0.29, 0.717) is 0 Å². The highest BCUT2D eigenvalue weighted by Gasteiger charge is 2.24. The van der Waals surface area contributed by atoms with Gasteiger partial charge in [-0.1, -0.05) is 13.8 Å². The van der Waals surface area contributed by atoms with Crippen LogP contribution in [0, 0.1) is 11.8 Å². The first kappa shape index (κ1) is 19.0. The molecule has 0 aliphatic carbocycles. The number of ether oxygens (including phenoxy) is 1. The molecule has 0 aromatic carbocycles. The summed E-state index contributed by atoms with van der Waals surface area (Å²) in [7, 11) is 3.61. The lowest BCUT2D eigenvalue weighted by molar-refractivity contribution is 0.195. The summed E-state index contributed by atoms with van der Waals surface area (Å²) in [5.74, 6) is 2.69. The molecule has 1 saturated heterocycles. The van der Waals surface area contributed by atoms with Crippen molar-refractivity contribution in [2.24, 2.45) is 16.8 Å². The zero-order chi connectivity index (χ0) is 13.4. The molecular formula is C14H30IN3O. The van der Waals surface area contributed by atoms with Crippen molar-refractivity contribution in [1.29, 1.82) is 0 Å². The Balaban J connectivity index is 0.00000324. The summed E-state index contributed by atoms with van der Waals surface area (Å²) in [4.78, 5) is 6.76. The van der Waals surface area contributed by atoms with E-state index in [1.54, 1.807) is 7.11 Å². The average Bonchev–Trinajstić information content (AvgIpc) is 2.77. The lowest BCUT2D eigenvalue weighted by atomic mass is 9.97. The van der Waals surface area contributed by atoms with Crippen molar-refractivity contribution in [3.05, 3.63) is 0 Å². The van der Waals surface area contributed by atoms with Gasteiger partial charge in [-0.15, -0.1) is 24.0 Å². The largest absolute Gasteiger partial charge is 0.385 e. The van der Waals surface area contributed by atoms with Crippen LogP contribution in [0.25, 0.3) is 0 Å². The number of guanidine groups is 1. The minimum atomic E-state index is 0. The van der Waals surface area contributed by atoms with E-state index in [1.165, 1.54) is 12.8 Å². The molecule has 1 aliphatic heterocycles. The van der Waals surface area contributed by atoms with E-state index in [1.807, 2.05) is 7.05 Å². The fourth-order valence-corrected chi connectivity index (χ4v) is 2.63. The Hall–Kier alpha value is -0.0400. The van der Waals surface area contributed by atoms with Crippen LogP contribution in [0.5, 0.6) is 0 Å². The van der Waals surface area contributed by atoms with Gasteiger partial charge in [0.15, 0.2) is 5.96 Å². The molecule has 0 bridgehead atoms. The highest BCUT2D eigenvalue weighted by atomic mass is 127. The maximum absolute atomic E-state index is 5.05. The molecule has 1 atom stereocenters. The molecule has 1 unspecified atom stereocenters. The van der Waals surface area contributed by atoms with Crippen molar-refractivity contribution in [2.75, 3.05) is 40.4 Å². The van der Waals surface area contributed by atoms with Crippen LogP contribution in [0.15, 0.2) is 4.99 Å². The molecule has 0 amide bonds. The predicted octanol–water partition coefficient (Wildman–Crippen LogP) is 2.58. The van der Waals surface area contributed by atoms with Gasteiger partial charge < -0.3 is 15.0 Å². The second kappa shape index (κ2) is 10.7. The number of aliphatic imine (C=N–C) groups is 1. The monoisotopic (exact) mass is 383 g/mol. The molecule has 19 heavy (non-hydrogen) atoms. The van der Waals surface area contributed by atoms with Crippen LogP contribution in [-0.2, 0) is 4.74 Å². The summed E-state index contributed by atoms with van der Waals surface area (Å²) in [6.07, 6.45) is 3.66. The zero-order valence-corrected chi connectivity index (χ0v) is 15.1. The Labute approximate surface area is 135 Å². The van der Waals surface area contributed by atoms with Crippen LogP contribution in [0.2, 0.25) is 0 Å². The summed E-state index contributed by atoms with van der Waals surface area (Å²) in [6, 6.07) is 0. The molecule has 0 aromatic heterocycles. The maximum atomic E-state index is 5.05. The van der Waals surface area contributed by atoms with Gasteiger partial charge in [0.05, 0.1) is 0 Å². The number of halogens is 1. The number of nitrogens with one attached hydrogen (secondary N) is 1. The summed E-state index contributed by atoms with van der Waals surface area (Å²) in [5.41, 5.74) is 0. The third-order valence-electron chi connectivity index (χ3n) is 3.41. The quantitative estimate of drug-likeness (QED) is 0.332. The normalized spacial score (nSPS) is 19.7. The molecule has 114 valence electrons. The van der Waals surface area contributed by atoms with Gasteiger partial charge in [-0.05, 0) is 31.1 Å². The van der Waals surface area contributed by atoms with E-state index < -0.39 is 0 Å². The lowest BCUT2D eigenvalue weighted by Gasteiger charge is -2.22. The van der Waals surface area contributed by atoms with Crippen LogP contribution >= 0.6 is 24.0 Å². The fourth-order valence-electron chi connectivity index (χ4n) is 2.63. The lowest BCUT2D eigenvalue weighted by Crippen LogP contribution is -2.40. The van der Waals surface area contributed by atoms with Gasteiger partial charge in [0.25, 0.3) is 0 Å². The van der Waals surface area contributed by atoms with Gasteiger partial charge in [0.2, 0.25) is 0 Å². The van der Waals surface area contributed by atoms with Crippen molar-refractivity contribution >= 4 is 29.9 Å². The van der Waals surface area contributed by atoms with Gasteiger partial charge in [0, 0.05) is 40.4 Å². The predicted molar refractivity (Wildman–Crippen MR) is 92.4 cm³/mol. The van der Waals surface area contributed by atoms with Gasteiger partial charge >= 0.3 is 0 Å². The van der Waals surface area contributed by atoms with Crippen molar-refractivity contribution < 1.29 is 4.74 Å². The van der Waals surface area contributed by atoms with E-state index in [-0.39, 0.29) is 24.0 Å². The molecule has 1 rings (SSSR count). The standard InChI is InChI=1S/C14H29N3O.HI/c1-12(2)10-13-6-8-17(11-13)14(15-3)16-7-5-9-18-4;/h12-13H,5-11H2,1-4H3,(H,15,16);1H. The third kappa shape index (κ3) is 7.34. The molecule has 0 spiro atoms. The van der Waals surface area contributed by atoms with E-state index in [2.05, 4.69) is 29.1 Å². The Kier molecular flexibility index (Phi) is 10.7. The van der Waals surface area contributed by atoms with Crippen molar-refractivity contribution in [1.82, 2.24) is 10.2 Å². The summed E-state index contributed by atoms with van der Waals surface area (Å²) in [5, 5.41) is 3.42. The van der Waals surface area contributed by atoms with E-state index in [0.717, 1.165) is 50.5 Å². The van der Waals surface area contributed by atoms with Crippen LogP contribution in [0.4, 0.5) is 0 Å². The first-order valence-electron chi connectivity index (χ1n) is 7.12. The molecule has 0 radical (unpaired) electrons. The smallest absolute Gasteiger partial charge is 0.193 e. The van der Waals surface area contributed by atoms with Crippen LogP contribution < -0.4 is 5.32 Å². The Morgan fingerprint density at radius 2 is 2.21 bits per heavy atom. The van der Waals surface area contributed by atoms with Crippen molar-refractivity contribution in [3.8, 4) is 0 Å². The minimum Gasteiger partial charge on any atom is -0.385 e. The molecular weight excluding hydrogens is 353 g/mol. The van der Waals surface area contributed by atoms with E-state index in [4.69, 9.17) is 4.74 Å². The zero-order valence-electron chi connectivity index (χ0n) is 12.8. The second-order valence-corrected chi connectivity index (χ2v) is 5.55. The second-order valence-electron chi connectivity index (χ2n) is 5.55. The number of methoxy groups -OCH3 is 1. The van der Waals surface area contributed by atoms with Gasteiger partial charge in [-0.3, -0.25) is 4.99 Å². The first-order valence-corrected chi connectivity index (χ1v) is 7.12. The minimum absolute atomic E-state index is 0. The highest BCUT2D eigenvalue weighted by Crippen LogP contribution is 2.23. The van der Waals surface area contributed by atoms with Crippen LogP contribution in [-0.4, -0.2) is 51.3 Å². The molecule has 1 fully saturated rings. The summed E-state index contributed by atoms with van der Waals surface area (Å²) >= 11 is 0. The Bertz CT molecular complexity index is 259. The number of nitrogens with zero attached hydrogens (tertiary/aromatic N) is 2. The SMILES string of the molecule is CN=C(NCCCOC)N1CCC(CC(C)C)C1.I. The van der Waals surface area contributed by atoms with Crippen LogP contribution in [0.1, 0.15) is 33.1 Å². The molecule has 4 nitrogen and oxygen atoms in total. The van der Waals surface area contributed by atoms with Gasteiger partial charge in [-0.25, -0.2) is 0 Å². The van der Waals surface area contributed by atoms with E-state index >= 15 is 0 Å². The number of rotatable bonds is 6. The molecule has 1 aliphatic rings. The average molecular weight is 383 g/mol. The molecule has 0 saturated carbocycles. The summed E-state index contributed by atoms with van der Waals surface area (Å²) < 4.78 is 5.05. The Morgan fingerprint density at radius 3 is 2.79 bits per heavy atom. The molecule has 1 N–H and O–H groups in total. The topological polar surface area (TPSA) is 36.9 Å².